The molecule has 1 N–H and O–H groups in total. The zero-order valence-electron chi connectivity index (χ0n) is 13.9. The van der Waals surface area contributed by atoms with Crippen LogP contribution in [0.3, 0.4) is 0 Å². The standard InChI is InChI=1S/C19H20N2O3S/c22-17-16(10-4-8-15-9-5-13-24-15)18(23)21(19(25)20-17)12-11-14-6-2-1-3-7-14/h4-6,8-10,13H,1-3,7,11-12H2,(H,20,22,25)/b8-4+,16-10-. The quantitative estimate of drug-likeness (QED) is 0.380. The molecule has 6 heteroatoms. The van der Waals surface area contributed by atoms with Gasteiger partial charge in [0.1, 0.15) is 11.3 Å². The molecule has 2 heterocycles. The summed E-state index contributed by atoms with van der Waals surface area (Å²) >= 11 is 5.17. The van der Waals surface area contributed by atoms with Crippen molar-refractivity contribution in [1.82, 2.24) is 10.2 Å². The molecule has 130 valence electrons. The lowest BCUT2D eigenvalue weighted by atomic mass is 9.97. The van der Waals surface area contributed by atoms with Crippen LogP contribution in [0.2, 0.25) is 0 Å². The number of carbonyl (C=O) groups excluding carboxylic acids is 2. The fraction of sp³-hybridized carbons (Fsp3) is 0.316. The summed E-state index contributed by atoms with van der Waals surface area (Å²) in [6.45, 7) is 0.489. The van der Waals surface area contributed by atoms with Gasteiger partial charge in [0, 0.05) is 6.54 Å². The molecule has 1 saturated heterocycles. The maximum absolute atomic E-state index is 12.6. The fourth-order valence-electron chi connectivity index (χ4n) is 2.93. The van der Waals surface area contributed by atoms with E-state index in [9.17, 15) is 9.59 Å². The highest BCUT2D eigenvalue weighted by molar-refractivity contribution is 7.80. The van der Waals surface area contributed by atoms with Gasteiger partial charge in [-0.15, -0.1) is 0 Å². The molecular formula is C19H20N2O3S. The third-order valence-electron chi connectivity index (χ3n) is 4.29. The number of rotatable bonds is 5. The van der Waals surface area contributed by atoms with Crippen LogP contribution in [0.5, 0.6) is 0 Å². The summed E-state index contributed by atoms with van der Waals surface area (Å²) in [4.78, 5) is 26.2. The first-order valence-corrected chi connectivity index (χ1v) is 8.83. The van der Waals surface area contributed by atoms with Gasteiger partial charge in [0.05, 0.1) is 6.26 Å². The molecule has 25 heavy (non-hydrogen) atoms. The molecule has 2 amide bonds. The van der Waals surface area contributed by atoms with Crippen LogP contribution in [0.1, 0.15) is 37.9 Å². The van der Waals surface area contributed by atoms with E-state index >= 15 is 0 Å². The van der Waals surface area contributed by atoms with Gasteiger partial charge in [0.15, 0.2) is 5.11 Å². The summed E-state index contributed by atoms with van der Waals surface area (Å²) in [6, 6.07) is 3.56. The van der Waals surface area contributed by atoms with Gasteiger partial charge >= 0.3 is 0 Å². The Morgan fingerprint density at radius 2 is 2.20 bits per heavy atom. The number of furan rings is 1. The molecule has 0 atom stereocenters. The van der Waals surface area contributed by atoms with E-state index in [1.807, 2.05) is 0 Å². The molecule has 1 aromatic rings. The molecule has 0 aromatic carbocycles. The summed E-state index contributed by atoms with van der Waals surface area (Å²) in [6.07, 6.45) is 14.0. The zero-order valence-corrected chi connectivity index (χ0v) is 14.7. The normalized spacial score (nSPS) is 20.3. The third kappa shape index (κ3) is 4.33. The van der Waals surface area contributed by atoms with Gasteiger partial charge < -0.3 is 4.42 Å². The Morgan fingerprint density at radius 1 is 1.32 bits per heavy atom. The molecular weight excluding hydrogens is 336 g/mol. The summed E-state index contributed by atoms with van der Waals surface area (Å²) in [7, 11) is 0. The Morgan fingerprint density at radius 3 is 2.92 bits per heavy atom. The highest BCUT2D eigenvalue weighted by Crippen LogP contribution is 2.21. The molecule has 0 spiro atoms. The molecule has 5 nitrogen and oxygen atoms in total. The van der Waals surface area contributed by atoms with Crippen LogP contribution in [0.4, 0.5) is 0 Å². The maximum Gasteiger partial charge on any atom is 0.265 e. The van der Waals surface area contributed by atoms with Crippen LogP contribution < -0.4 is 5.32 Å². The van der Waals surface area contributed by atoms with Gasteiger partial charge in [-0.05, 0) is 68.6 Å². The second kappa shape index (κ2) is 8.07. The predicted molar refractivity (Wildman–Crippen MR) is 99.4 cm³/mol. The molecule has 2 aliphatic rings. The van der Waals surface area contributed by atoms with Crippen molar-refractivity contribution in [3.05, 3.63) is 53.5 Å². The van der Waals surface area contributed by atoms with E-state index in [0.29, 0.717) is 12.3 Å². The van der Waals surface area contributed by atoms with Crippen molar-refractivity contribution in [2.24, 2.45) is 0 Å². The first-order chi connectivity index (χ1) is 12.1. The molecule has 3 rings (SSSR count). The van der Waals surface area contributed by atoms with Crippen LogP contribution in [0, 0.1) is 0 Å². The molecule has 0 saturated carbocycles. The molecule has 0 unspecified atom stereocenters. The van der Waals surface area contributed by atoms with E-state index in [1.54, 1.807) is 30.5 Å². The Bertz CT molecular complexity index is 760. The number of amides is 2. The second-order valence-corrected chi connectivity index (χ2v) is 6.42. The fourth-order valence-corrected chi connectivity index (χ4v) is 3.20. The summed E-state index contributed by atoms with van der Waals surface area (Å²) in [5.74, 6) is -0.168. The van der Waals surface area contributed by atoms with Crippen LogP contribution >= 0.6 is 12.2 Å². The average molecular weight is 356 g/mol. The molecule has 0 bridgehead atoms. The topological polar surface area (TPSA) is 62.6 Å². The lowest BCUT2D eigenvalue weighted by Crippen LogP contribution is -2.54. The molecule has 0 radical (unpaired) electrons. The third-order valence-corrected chi connectivity index (χ3v) is 4.62. The van der Waals surface area contributed by atoms with Crippen LogP contribution in [-0.4, -0.2) is 28.4 Å². The van der Waals surface area contributed by atoms with Gasteiger partial charge in [-0.25, -0.2) is 0 Å². The maximum atomic E-state index is 12.6. The van der Waals surface area contributed by atoms with Gasteiger partial charge in [-0.3, -0.25) is 19.8 Å². The zero-order chi connectivity index (χ0) is 17.6. The van der Waals surface area contributed by atoms with E-state index in [2.05, 4.69) is 11.4 Å². The molecule has 1 fully saturated rings. The highest BCUT2D eigenvalue weighted by Gasteiger charge is 2.32. The molecule has 1 aliphatic heterocycles. The lowest BCUT2D eigenvalue weighted by Gasteiger charge is -2.29. The number of thiocarbonyl (C=S) groups is 1. The minimum atomic E-state index is -0.466. The van der Waals surface area contributed by atoms with E-state index in [0.717, 1.165) is 19.3 Å². The Labute approximate surface area is 152 Å². The molecule has 1 aliphatic carbocycles. The Hall–Kier alpha value is -2.47. The number of nitrogens with zero attached hydrogens (tertiary/aromatic N) is 1. The smallest absolute Gasteiger partial charge is 0.265 e. The van der Waals surface area contributed by atoms with Crippen molar-refractivity contribution in [2.45, 2.75) is 32.1 Å². The van der Waals surface area contributed by atoms with Crippen LogP contribution in [0.25, 0.3) is 6.08 Å². The summed E-state index contributed by atoms with van der Waals surface area (Å²) in [5, 5.41) is 2.77. The van der Waals surface area contributed by atoms with E-state index in [4.69, 9.17) is 16.6 Å². The van der Waals surface area contributed by atoms with Crippen LogP contribution in [0.15, 0.2) is 52.2 Å². The lowest BCUT2D eigenvalue weighted by molar-refractivity contribution is -0.129. The van der Waals surface area contributed by atoms with Crippen molar-refractivity contribution < 1.29 is 14.0 Å². The first kappa shape index (κ1) is 17.4. The van der Waals surface area contributed by atoms with E-state index < -0.39 is 5.91 Å². The number of carbonyl (C=O) groups is 2. The predicted octanol–water partition coefficient (Wildman–Crippen LogP) is 3.35. The van der Waals surface area contributed by atoms with Crippen molar-refractivity contribution in [2.75, 3.05) is 6.54 Å². The minimum Gasteiger partial charge on any atom is -0.465 e. The van der Waals surface area contributed by atoms with Gasteiger partial charge in [-0.1, -0.05) is 17.7 Å². The largest absolute Gasteiger partial charge is 0.465 e. The van der Waals surface area contributed by atoms with Crippen molar-refractivity contribution in [1.29, 1.82) is 0 Å². The van der Waals surface area contributed by atoms with Gasteiger partial charge in [0.25, 0.3) is 11.8 Å². The SMILES string of the molecule is O=C1NC(=S)N(CCC2=CCCCC2)C(=O)/C1=C\C=C\c1ccco1. The second-order valence-electron chi connectivity index (χ2n) is 6.03. The number of nitrogens with one attached hydrogen (secondary N) is 1. The number of hydrogen-bond acceptors (Lipinski definition) is 4. The molecule has 1 aromatic heterocycles. The van der Waals surface area contributed by atoms with Crippen LogP contribution in [-0.2, 0) is 9.59 Å². The summed E-state index contributed by atoms with van der Waals surface area (Å²) in [5.41, 5.74) is 1.44. The van der Waals surface area contributed by atoms with E-state index in [1.165, 1.54) is 29.4 Å². The monoisotopic (exact) mass is 356 g/mol. The van der Waals surface area contributed by atoms with Gasteiger partial charge in [0.2, 0.25) is 0 Å². The number of hydrogen-bond donors (Lipinski definition) is 1. The van der Waals surface area contributed by atoms with Crippen molar-refractivity contribution in [3.63, 3.8) is 0 Å². The van der Waals surface area contributed by atoms with Crippen molar-refractivity contribution >= 4 is 35.2 Å². The Kier molecular flexibility index (Phi) is 5.60. The first-order valence-electron chi connectivity index (χ1n) is 8.42. The van der Waals surface area contributed by atoms with Gasteiger partial charge in [-0.2, -0.15) is 0 Å². The summed E-state index contributed by atoms with van der Waals surface area (Å²) < 4.78 is 5.18. The number of allylic oxidation sites excluding steroid dienone is 3. The Balaban J connectivity index is 1.69. The highest BCUT2D eigenvalue weighted by atomic mass is 32.1. The average Bonchev–Trinajstić information content (AvgIpc) is 3.12. The van der Waals surface area contributed by atoms with E-state index in [-0.39, 0.29) is 16.6 Å². The minimum absolute atomic E-state index is 0.0778. The van der Waals surface area contributed by atoms with Crippen molar-refractivity contribution in [3.8, 4) is 0 Å².